The van der Waals surface area contributed by atoms with Gasteiger partial charge in [-0.1, -0.05) is 30.2 Å². The molecule has 0 aromatic heterocycles. The normalized spacial score (nSPS) is 17.6. The maximum absolute atomic E-state index is 12.3. The van der Waals surface area contributed by atoms with Crippen LogP contribution in [-0.2, 0) is 0 Å². The average Bonchev–Trinajstić information content (AvgIpc) is 2.42. The third-order valence-corrected chi connectivity index (χ3v) is 4.03. The highest BCUT2D eigenvalue weighted by atomic mass is 35.5. The number of aryl methyl sites for hydroxylation is 1. The molecule has 0 atom stereocenters. The van der Waals surface area contributed by atoms with Crippen LogP contribution in [0.25, 0.3) is 0 Å². The van der Waals surface area contributed by atoms with Gasteiger partial charge >= 0.3 is 0 Å². The van der Waals surface area contributed by atoms with Gasteiger partial charge in [0.2, 0.25) is 0 Å². The van der Waals surface area contributed by atoms with Crippen LogP contribution in [-0.4, -0.2) is 54.9 Å². The average molecular weight is 281 g/mol. The van der Waals surface area contributed by atoms with Crippen LogP contribution >= 0.6 is 11.6 Å². The fraction of sp³-hybridized carbons (Fsp3) is 0.533. The lowest BCUT2D eigenvalue weighted by atomic mass is 10.1. The van der Waals surface area contributed by atoms with Crippen LogP contribution in [0.3, 0.4) is 0 Å². The minimum Gasteiger partial charge on any atom is -0.301 e. The number of halogens is 1. The number of Topliss-reactive ketones (excluding diaryl/α,β-unsaturated/α-hetero) is 1. The number of nitrogens with zero attached hydrogens (tertiary/aromatic N) is 2. The Labute approximate surface area is 120 Å². The SMILES string of the molecule is CCN1CCN(CC(=O)c2cc(C)ccc2Cl)CC1. The van der Waals surface area contributed by atoms with Gasteiger partial charge in [-0.15, -0.1) is 0 Å². The Balaban J connectivity index is 1.96. The number of rotatable bonds is 4. The monoisotopic (exact) mass is 280 g/mol. The van der Waals surface area contributed by atoms with Crippen LogP contribution in [0, 0.1) is 6.92 Å². The number of hydrogen-bond acceptors (Lipinski definition) is 3. The molecule has 19 heavy (non-hydrogen) atoms. The number of piperazine rings is 1. The molecule has 0 aliphatic carbocycles. The molecule has 0 N–H and O–H groups in total. The van der Waals surface area contributed by atoms with E-state index in [0.29, 0.717) is 17.1 Å². The van der Waals surface area contributed by atoms with Crippen molar-refractivity contribution in [3.63, 3.8) is 0 Å². The fourth-order valence-corrected chi connectivity index (χ4v) is 2.63. The summed E-state index contributed by atoms with van der Waals surface area (Å²) in [6.45, 7) is 9.73. The van der Waals surface area contributed by atoms with E-state index in [9.17, 15) is 4.79 Å². The highest BCUT2D eigenvalue weighted by Gasteiger charge is 2.19. The molecule has 1 aliphatic rings. The lowest BCUT2D eigenvalue weighted by molar-refractivity contribution is 0.0859. The molecule has 1 heterocycles. The molecule has 1 saturated heterocycles. The summed E-state index contributed by atoms with van der Waals surface area (Å²) in [7, 11) is 0. The molecule has 0 radical (unpaired) electrons. The van der Waals surface area contributed by atoms with Crippen molar-refractivity contribution < 1.29 is 4.79 Å². The van der Waals surface area contributed by atoms with Crippen molar-refractivity contribution in [3.05, 3.63) is 34.3 Å². The van der Waals surface area contributed by atoms with E-state index in [1.165, 1.54) is 0 Å². The fourth-order valence-electron chi connectivity index (χ4n) is 2.40. The third kappa shape index (κ3) is 3.78. The van der Waals surface area contributed by atoms with E-state index >= 15 is 0 Å². The Morgan fingerprint density at radius 1 is 1.21 bits per heavy atom. The highest BCUT2D eigenvalue weighted by Crippen LogP contribution is 2.18. The van der Waals surface area contributed by atoms with Gasteiger partial charge in [0.15, 0.2) is 5.78 Å². The Hall–Kier alpha value is -0.900. The quantitative estimate of drug-likeness (QED) is 0.792. The van der Waals surface area contributed by atoms with Gasteiger partial charge in [0, 0.05) is 31.7 Å². The maximum atomic E-state index is 12.3. The predicted molar refractivity (Wildman–Crippen MR) is 79.1 cm³/mol. The molecular formula is C15H21ClN2O. The molecule has 2 rings (SSSR count). The van der Waals surface area contributed by atoms with E-state index in [-0.39, 0.29) is 5.78 Å². The van der Waals surface area contributed by atoms with Gasteiger partial charge in [-0.05, 0) is 25.6 Å². The Bertz CT molecular complexity index is 453. The van der Waals surface area contributed by atoms with Crippen LogP contribution < -0.4 is 0 Å². The topological polar surface area (TPSA) is 23.6 Å². The molecule has 104 valence electrons. The van der Waals surface area contributed by atoms with E-state index in [2.05, 4.69) is 16.7 Å². The standard InChI is InChI=1S/C15H21ClN2O/c1-3-17-6-8-18(9-7-17)11-15(19)13-10-12(2)4-5-14(13)16/h4-5,10H,3,6-9,11H2,1-2H3. The summed E-state index contributed by atoms with van der Waals surface area (Å²) in [5.41, 5.74) is 1.73. The van der Waals surface area contributed by atoms with Crippen molar-refractivity contribution in [2.75, 3.05) is 39.3 Å². The summed E-state index contributed by atoms with van der Waals surface area (Å²) in [5.74, 6) is 0.124. The molecule has 0 amide bonds. The molecule has 4 heteroatoms. The summed E-state index contributed by atoms with van der Waals surface area (Å²) in [5, 5.41) is 0.558. The van der Waals surface area contributed by atoms with E-state index in [1.54, 1.807) is 6.07 Å². The second-order valence-electron chi connectivity index (χ2n) is 5.12. The van der Waals surface area contributed by atoms with E-state index in [1.807, 2.05) is 19.1 Å². The summed E-state index contributed by atoms with van der Waals surface area (Å²) in [6.07, 6.45) is 0. The van der Waals surface area contributed by atoms with Crippen molar-refractivity contribution in [3.8, 4) is 0 Å². The van der Waals surface area contributed by atoms with Crippen LogP contribution in [0.5, 0.6) is 0 Å². The highest BCUT2D eigenvalue weighted by molar-refractivity contribution is 6.34. The van der Waals surface area contributed by atoms with Gasteiger partial charge in [0.25, 0.3) is 0 Å². The van der Waals surface area contributed by atoms with Gasteiger partial charge < -0.3 is 4.90 Å². The number of carbonyl (C=O) groups excluding carboxylic acids is 1. The van der Waals surface area contributed by atoms with Gasteiger partial charge in [0.05, 0.1) is 11.6 Å². The second kappa shape index (κ2) is 6.51. The third-order valence-electron chi connectivity index (χ3n) is 3.70. The zero-order valence-electron chi connectivity index (χ0n) is 11.7. The van der Waals surface area contributed by atoms with Crippen LogP contribution in [0.4, 0.5) is 0 Å². The van der Waals surface area contributed by atoms with Crippen molar-refractivity contribution in [1.29, 1.82) is 0 Å². The summed E-state index contributed by atoms with van der Waals surface area (Å²) in [4.78, 5) is 16.9. The molecule has 0 spiro atoms. The van der Waals surface area contributed by atoms with E-state index in [0.717, 1.165) is 38.3 Å². The summed E-state index contributed by atoms with van der Waals surface area (Å²) in [6, 6.07) is 5.62. The first-order valence-electron chi connectivity index (χ1n) is 6.84. The van der Waals surface area contributed by atoms with Crippen molar-refractivity contribution >= 4 is 17.4 Å². The first-order valence-corrected chi connectivity index (χ1v) is 7.22. The first-order chi connectivity index (χ1) is 9.10. The molecular weight excluding hydrogens is 260 g/mol. The largest absolute Gasteiger partial charge is 0.301 e. The van der Waals surface area contributed by atoms with Crippen LogP contribution in [0.1, 0.15) is 22.8 Å². The second-order valence-corrected chi connectivity index (χ2v) is 5.52. The van der Waals surface area contributed by atoms with Crippen molar-refractivity contribution in [1.82, 2.24) is 9.80 Å². The predicted octanol–water partition coefficient (Wildman–Crippen LogP) is 2.47. The van der Waals surface area contributed by atoms with Gasteiger partial charge in [0.1, 0.15) is 0 Å². The summed E-state index contributed by atoms with van der Waals surface area (Å²) < 4.78 is 0. The lowest BCUT2D eigenvalue weighted by Crippen LogP contribution is -2.47. The van der Waals surface area contributed by atoms with Gasteiger partial charge in [-0.25, -0.2) is 0 Å². The van der Waals surface area contributed by atoms with Crippen LogP contribution in [0.15, 0.2) is 18.2 Å². The van der Waals surface area contributed by atoms with Crippen LogP contribution in [0.2, 0.25) is 5.02 Å². The zero-order valence-corrected chi connectivity index (χ0v) is 12.4. The minimum absolute atomic E-state index is 0.124. The smallest absolute Gasteiger partial charge is 0.178 e. The molecule has 1 fully saturated rings. The van der Waals surface area contributed by atoms with Gasteiger partial charge in [-0.2, -0.15) is 0 Å². The minimum atomic E-state index is 0.124. The van der Waals surface area contributed by atoms with E-state index < -0.39 is 0 Å². The first kappa shape index (κ1) is 14.5. The molecule has 0 bridgehead atoms. The maximum Gasteiger partial charge on any atom is 0.178 e. The number of hydrogen-bond donors (Lipinski definition) is 0. The summed E-state index contributed by atoms with van der Waals surface area (Å²) >= 11 is 6.11. The zero-order chi connectivity index (χ0) is 13.8. The number of likely N-dealkylation sites (N-methyl/N-ethyl adjacent to an activating group) is 1. The molecule has 3 nitrogen and oxygen atoms in total. The molecule has 1 aromatic carbocycles. The molecule has 0 saturated carbocycles. The lowest BCUT2D eigenvalue weighted by Gasteiger charge is -2.33. The number of benzene rings is 1. The van der Waals surface area contributed by atoms with Crippen molar-refractivity contribution in [2.45, 2.75) is 13.8 Å². The molecule has 0 unspecified atom stereocenters. The molecule has 1 aromatic rings. The Morgan fingerprint density at radius 2 is 1.84 bits per heavy atom. The van der Waals surface area contributed by atoms with Crippen molar-refractivity contribution in [2.24, 2.45) is 0 Å². The number of ketones is 1. The molecule has 1 aliphatic heterocycles. The number of carbonyl (C=O) groups is 1. The van der Waals surface area contributed by atoms with E-state index in [4.69, 9.17) is 11.6 Å². The Kier molecular flexibility index (Phi) is 4.97. The van der Waals surface area contributed by atoms with Gasteiger partial charge in [-0.3, -0.25) is 9.69 Å². The Morgan fingerprint density at radius 3 is 2.47 bits per heavy atom.